The Bertz CT molecular complexity index is 960. The average Bonchev–Trinajstić information content (AvgIpc) is 2.54. The van der Waals surface area contributed by atoms with E-state index >= 15 is 0 Å². The second-order valence-corrected chi connectivity index (χ2v) is 8.73. The molecular weight excluding hydrogens is 354 g/mol. The van der Waals surface area contributed by atoms with Gasteiger partial charge in [0.15, 0.2) is 9.84 Å². The van der Waals surface area contributed by atoms with E-state index < -0.39 is 27.1 Å². The number of sulfone groups is 1. The van der Waals surface area contributed by atoms with Crippen LogP contribution in [0, 0.1) is 6.92 Å². The number of anilines is 1. The van der Waals surface area contributed by atoms with Gasteiger partial charge in [0.25, 0.3) is 5.91 Å². The summed E-state index contributed by atoms with van der Waals surface area (Å²) in [6.07, 6.45) is 1.09. The van der Waals surface area contributed by atoms with Crippen molar-refractivity contribution in [2.75, 3.05) is 11.6 Å². The third-order valence-electron chi connectivity index (χ3n) is 4.28. The molecule has 2 aromatic rings. The Morgan fingerprint density at radius 2 is 1.62 bits per heavy atom. The lowest BCUT2D eigenvalue weighted by Crippen LogP contribution is -2.28. The molecule has 6 nitrogen and oxygen atoms in total. The van der Waals surface area contributed by atoms with Crippen LogP contribution in [-0.4, -0.2) is 31.7 Å². The number of carbonyl (C=O) groups excluding carboxylic acids is 1. The first-order valence-electron chi connectivity index (χ1n) is 7.89. The van der Waals surface area contributed by atoms with Crippen LogP contribution in [-0.2, 0) is 20.0 Å². The van der Waals surface area contributed by atoms with E-state index in [2.05, 4.69) is 5.32 Å². The van der Waals surface area contributed by atoms with Crippen LogP contribution < -0.4 is 5.32 Å². The van der Waals surface area contributed by atoms with Crippen LogP contribution in [0.1, 0.15) is 35.3 Å². The van der Waals surface area contributed by atoms with Crippen molar-refractivity contribution < 1.29 is 23.1 Å². The molecule has 26 heavy (non-hydrogen) atoms. The van der Waals surface area contributed by atoms with Crippen molar-refractivity contribution in [1.82, 2.24) is 0 Å². The number of hydrogen-bond donors (Lipinski definition) is 2. The third kappa shape index (κ3) is 4.11. The molecule has 0 saturated carbocycles. The number of hydrogen-bond acceptors (Lipinski definition) is 4. The fourth-order valence-corrected chi connectivity index (χ4v) is 3.02. The molecule has 2 N–H and O–H groups in total. The summed E-state index contributed by atoms with van der Waals surface area (Å²) in [6.45, 7) is 4.92. The molecule has 7 heteroatoms. The number of carboxylic acids is 1. The second kappa shape index (κ2) is 6.92. The van der Waals surface area contributed by atoms with Crippen LogP contribution in [0.2, 0.25) is 0 Å². The lowest BCUT2D eigenvalue weighted by Gasteiger charge is -2.20. The molecule has 0 fully saturated rings. The number of aryl methyl sites for hydroxylation is 1. The van der Waals surface area contributed by atoms with E-state index in [1.807, 2.05) is 0 Å². The molecule has 0 bridgehead atoms. The van der Waals surface area contributed by atoms with Gasteiger partial charge in [-0.05, 0) is 56.2 Å². The van der Waals surface area contributed by atoms with Crippen molar-refractivity contribution >= 4 is 27.4 Å². The zero-order chi connectivity index (χ0) is 19.7. The summed E-state index contributed by atoms with van der Waals surface area (Å²) in [6, 6.07) is 10.9. The first-order chi connectivity index (χ1) is 11.9. The molecule has 0 aromatic heterocycles. The molecular formula is C19H21NO5S. The maximum absolute atomic E-state index is 12.5. The highest BCUT2D eigenvalue weighted by molar-refractivity contribution is 7.90. The first-order valence-corrected chi connectivity index (χ1v) is 9.78. The number of rotatable bonds is 5. The molecule has 0 aliphatic rings. The number of benzene rings is 2. The Morgan fingerprint density at radius 3 is 2.12 bits per heavy atom. The van der Waals surface area contributed by atoms with E-state index in [1.54, 1.807) is 51.1 Å². The first kappa shape index (κ1) is 19.7. The van der Waals surface area contributed by atoms with Gasteiger partial charge < -0.3 is 10.4 Å². The van der Waals surface area contributed by atoms with E-state index in [0.717, 1.165) is 6.26 Å². The van der Waals surface area contributed by atoms with Gasteiger partial charge in [0.1, 0.15) is 0 Å². The molecule has 0 heterocycles. The number of carbonyl (C=O) groups is 2. The van der Waals surface area contributed by atoms with Crippen LogP contribution in [0.25, 0.3) is 0 Å². The Balaban J connectivity index is 2.27. The molecule has 0 saturated heterocycles. The zero-order valence-electron chi connectivity index (χ0n) is 15.0. The standard InChI is InChI=1S/C19H21NO5S/c1-12-5-10-15(26(4,24)25)11-16(12)17(21)20-14-8-6-13(7-9-14)19(2,3)18(22)23/h5-11H,1-4H3,(H,20,21)(H,22,23). The summed E-state index contributed by atoms with van der Waals surface area (Å²) in [5.41, 5.74) is 0.979. The van der Waals surface area contributed by atoms with E-state index in [4.69, 9.17) is 0 Å². The Hall–Kier alpha value is -2.67. The SMILES string of the molecule is Cc1ccc(S(C)(=O)=O)cc1C(=O)Nc1ccc(C(C)(C)C(=O)O)cc1. The van der Waals surface area contributed by atoms with Gasteiger partial charge >= 0.3 is 5.97 Å². The fourth-order valence-electron chi connectivity index (χ4n) is 2.37. The van der Waals surface area contributed by atoms with Gasteiger partial charge in [0.2, 0.25) is 0 Å². The number of carboxylic acid groups (broad SMARTS) is 1. The monoisotopic (exact) mass is 375 g/mol. The minimum Gasteiger partial charge on any atom is -0.481 e. The number of amides is 1. The normalized spacial score (nSPS) is 11.8. The summed E-state index contributed by atoms with van der Waals surface area (Å²) < 4.78 is 23.4. The smallest absolute Gasteiger partial charge is 0.313 e. The molecule has 0 unspecified atom stereocenters. The highest BCUT2D eigenvalue weighted by Crippen LogP contribution is 2.25. The van der Waals surface area contributed by atoms with Crippen molar-refractivity contribution in [2.24, 2.45) is 0 Å². The second-order valence-electron chi connectivity index (χ2n) is 6.71. The zero-order valence-corrected chi connectivity index (χ0v) is 15.8. The Kier molecular flexibility index (Phi) is 5.23. The van der Waals surface area contributed by atoms with Crippen LogP contribution in [0.5, 0.6) is 0 Å². The highest BCUT2D eigenvalue weighted by Gasteiger charge is 2.29. The van der Waals surface area contributed by atoms with E-state index in [-0.39, 0.29) is 10.5 Å². The molecule has 2 aromatic carbocycles. The minimum atomic E-state index is -3.41. The number of aliphatic carboxylic acids is 1. The largest absolute Gasteiger partial charge is 0.481 e. The maximum Gasteiger partial charge on any atom is 0.313 e. The topological polar surface area (TPSA) is 101 Å². The van der Waals surface area contributed by atoms with E-state index in [1.165, 1.54) is 12.1 Å². The number of nitrogens with one attached hydrogen (secondary N) is 1. The van der Waals surface area contributed by atoms with Crippen LogP contribution in [0.3, 0.4) is 0 Å². The predicted octanol–water partition coefficient (Wildman–Crippen LogP) is 3.01. The van der Waals surface area contributed by atoms with Crippen molar-refractivity contribution in [1.29, 1.82) is 0 Å². The van der Waals surface area contributed by atoms with Gasteiger partial charge in [0, 0.05) is 17.5 Å². The van der Waals surface area contributed by atoms with E-state index in [0.29, 0.717) is 16.8 Å². The van der Waals surface area contributed by atoms with Gasteiger partial charge in [-0.2, -0.15) is 0 Å². The molecule has 1 amide bonds. The van der Waals surface area contributed by atoms with Gasteiger partial charge in [-0.3, -0.25) is 9.59 Å². The van der Waals surface area contributed by atoms with E-state index in [9.17, 15) is 23.1 Å². The van der Waals surface area contributed by atoms with Crippen molar-refractivity contribution in [3.63, 3.8) is 0 Å². The average molecular weight is 375 g/mol. The van der Waals surface area contributed by atoms with Crippen LogP contribution in [0.4, 0.5) is 5.69 Å². The highest BCUT2D eigenvalue weighted by atomic mass is 32.2. The molecule has 0 aliphatic carbocycles. The molecule has 0 spiro atoms. The molecule has 0 radical (unpaired) electrons. The Labute approximate surface area is 152 Å². The Morgan fingerprint density at radius 1 is 1.04 bits per heavy atom. The molecule has 138 valence electrons. The van der Waals surface area contributed by atoms with Gasteiger partial charge in [-0.25, -0.2) is 8.42 Å². The summed E-state index contributed by atoms with van der Waals surface area (Å²) in [4.78, 5) is 23.9. The predicted molar refractivity (Wildman–Crippen MR) is 99.3 cm³/mol. The van der Waals surface area contributed by atoms with Gasteiger partial charge in [-0.1, -0.05) is 18.2 Å². The molecule has 0 atom stereocenters. The molecule has 2 rings (SSSR count). The summed E-state index contributed by atoms with van der Waals surface area (Å²) >= 11 is 0. The van der Waals surface area contributed by atoms with Gasteiger partial charge in [0.05, 0.1) is 10.3 Å². The lowest BCUT2D eigenvalue weighted by atomic mass is 9.85. The third-order valence-corrected chi connectivity index (χ3v) is 5.39. The molecule has 0 aliphatic heterocycles. The fraction of sp³-hybridized carbons (Fsp3) is 0.263. The minimum absolute atomic E-state index is 0.0757. The maximum atomic E-state index is 12.5. The van der Waals surface area contributed by atoms with Crippen LogP contribution >= 0.6 is 0 Å². The summed E-state index contributed by atoms with van der Waals surface area (Å²) in [5.74, 6) is -1.37. The lowest BCUT2D eigenvalue weighted by molar-refractivity contribution is -0.142. The quantitative estimate of drug-likeness (QED) is 0.837. The van der Waals surface area contributed by atoms with Crippen molar-refractivity contribution in [3.8, 4) is 0 Å². The summed E-state index contributed by atoms with van der Waals surface area (Å²) in [5, 5.41) is 12.0. The van der Waals surface area contributed by atoms with Gasteiger partial charge in [-0.15, -0.1) is 0 Å². The van der Waals surface area contributed by atoms with Crippen molar-refractivity contribution in [2.45, 2.75) is 31.1 Å². The van der Waals surface area contributed by atoms with Crippen molar-refractivity contribution in [3.05, 3.63) is 59.2 Å². The van der Waals surface area contributed by atoms with Crippen LogP contribution in [0.15, 0.2) is 47.4 Å². The summed E-state index contributed by atoms with van der Waals surface area (Å²) in [7, 11) is -3.41.